The number of alkyl halides is 6. The molecule has 0 unspecified atom stereocenters. The summed E-state index contributed by atoms with van der Waals surface area (Å²) in [7, 11) is 1.99. The van der Waals surface area contributed by atoms with Gasteiger partial charge in [0.1, 0.15) is 0 Å². The number of aryl methyl sites for hydroxylation is 1. The van der Waals surface area contributed by atoms with Crippen LogP contribution in [0.5, 0.6) is 0 Å². The van der Waals surface area contributed by atoms with Crippen molar-refractivity contribution in [1.82, 2.24) is 20.0 Å². The van der Waals surface area contributed by atoms with Crippen LogP contribution in [0.15, 0.2) is 30.3 Å². The topological polar surface area (TPSA) is 150 Å². The summed E-state index contributed by atoms with van der Waals surface area (Å²) in [6, 6.07) is 10.5. The Kier molecular flexibility index (Phi) is 11.3. The lowest BCUT2D eigenvalue weighted by Gasteiger charge is -2.43. The number of nitrogens with one attached hydrogen (secondary N) is 1. The molecule has 0 radical (unpaired) electrons. The minimum Gasteiger partial charge on any atom is -0.475 e. The largest absolute Gasteiger partial charge is 0.490 e. The highest BCUT2D eigenvalue weighted by Gasteiger charge is 2.53. The standard InChI is InChI=1S/C21H30N4O2.2C2HF3O2/c1-15-13-16(23-22-15)14-25-9-7-21(8-10-25)18-6-4-3-5-17(18)19(20(21)27)24(2)11-12-26;2*3-2(4,5)1(6)7/h3-6,13,19-20,26-27H,7-12,14H2,1-2H3,(H,22,23);2*(H,6,7)/t19-,20+;;/m1../s1. The van der Waals surface area contributed by atoms with Crippen LogP contribution in [0.2, 0.25) is 0 Å². The molecule has 1 aliphatic heterocycles. The Balaban J connectivity index is 0.000000349. The first kappa shape index (κ1) is 34.0. The second kappa shape index (κ2) is 13.6. The first-order valence-corrected chi connectivity index (χ1v) is 12.4. The number of likely N-dealkylation sites (tertiary alicyclic amines) is 1. The van der Waals surface area contributed by atoms with E-state index in [1.54, 1.807) is 0 Å². The first-order valence-electron chi connectivity index (χ1n) is 12.4. The summed E-state index contributed by atoms with van der Waals surface area (Å²) < 4.78 is 63.5. The van der Waals surface area contributed by atoms with Gasteiger partial charge in [0.05, 0.1) is 24.4 Å². The lowest BCUT2D eigenvalue weighted by atomic mass is 9.72. The minimum atomic E-state index is -5.08. The fourth-order valence-electron chi connectivity index (χ4n) is 5.08. The van der Waals surface area contributed by atoms with Crippen LogP contribution in [0, 0.1) is 6.92 Å². The Labute approximate surface area is 231 Å². The number of aromatic amines is 1. The molecule has 1 saturated heterocycles. The number of aliphatic hydroxyl groups excluding tert-OH is 2. The number of hydrogen-bond donors (Lipinski definition) is 5. The third-order valence-electron chi connectivity index (χ3n) is 6.99. The maximum absolute atomic E-state index is 11.4. The number of halogens is 6. The lowest BCUT2D eigenvalue weighted by molar-refractivity contribution is -0.193. The molecule has 2 aromatic rings. The van der Waals surface area contributed by atoms with E-state index in [1.807, 2.05) is 14.0 Å². The Hall–Kier alpha value is -3.21. The number of aliphatic carboxylic acids is 2. The molecular weight excluding hydrogens is 566 g/mol. The van der Waals surface area contributed by atoms with E-state index in [0.717, 1.165) is 43.9 Å². The number of nitrogens with zero attached hydrogens (tertiary/aromatic N) is 3. The number of carboxylic acids is 2. The zero-order valence-corrected chi connectivity index (χ0v) is 22.2. The van der Waals surface area contributed by atoms with Crippen molar-refractivity contribution >= 4 is 11.9 Å². The minimum absolute atomic E-state index is 0.0473. The highest BCUT2D eigenvalue weighted by atomic mass is 19.4. The van der Waals surface area contributed by atoms with Gasteiger partial charge in [-0.1, -0.05) is 24.3 Å². The molecule has 2 aliphatic rings. The number of rotatable bonds is 5. The smallest absolute Gasteiger partial charge is 0.475 e. The Bertz CT molecular complexity index is 1140. The molecule has 1 aromatic heterocycles. The van der Waals surface area contributed by atoms with Crippen molar-refractivity contribution in [2.24, 2.45) is 0 Å². The predicted molar refractivity (Wildman–Crippen MR) is 132 cm³/mol. The number of H-pyrrole nitrogens is 1. The molecule has 1 fully saturated rings. The van der Waals surface area contributed by atoms with Crippen LogP contribution in [-0.2, 0) is 21.5 Å². The third-order valence-corrected chi connectivity index (χ3v) is 6.99. The maximum atomic E-state index is 11.4. The van der Waals surface area contributed by atoms with Crippen LogP contribution in [0.4, 0.5) is 26.3 Å². The Morgan fingerprint density at radius 3 is 2.02 bits per heavy atom. The van der Waals surface area contributed by atoms with Gasteiger partial charge in [-0.15, -0.1) is 0 Å². The van der Waals surface area contributed by atoms with Crippen molar-refractivity contribution in [2.45, 2.75) is 56.2 Å². The summed E-state index contributed by atoms with van der Waals surface area (Å²) in [4.78, 5) is 22.3. The van der Waals surface area contributed by atoms with Crippen LogP contribution in [0.25, 0.3) is 0 Å². The number of carboxylic acid groups (broad SMARTS) is 2. The van der Waals surface area contributed by atoms with Gasteiger partial charge in [-0.3, -0.25) is 14.9 Å². The van der Waals surface area contributed by atoms with Crippen molar-refractivity contribution in [3.05, 3.63) is 52.8 Å². The Morgan fingerprint density at radius 1 is 1.07 bits per heavy atom. The van der Waals surface area contributed by atoms with E-state index >= 15 is 0 Å². The number of likely N-dealkylation sites (N-methyl/N-ethyl adjacent to an activating group) is 1. The lowest BCUT2D eigenvalue weighted by Crippen LogP contribution is -2.49. The zero-order chi connectivity index (χ0) is 31.2. The highest BCUT2D eigenvalue weighted by molar-refractivity contribution is 5.73. The summed E-state index contributed by atoms with van der Waals surface area (Å²) in [6.45, 7) is 5.45. The monoisotopic (exact) mass is 598 g/mol. The third kappa shape index (κ3) is 8.64. The van der Waals surface area contributed by atoms with E-state index in [-0.39, 0.29) is 18.1 Å². The van der Waals surface area contributed by atoms with Crippen molar-refractivity contribution < 1.29 is 56.4 Å². The van der Waals surface area contributed by atoms with Gasteiger partial charge < -0.3 is 20.4 Å². The molecule has 0 amide bonds. The van der Waals surface area contributed by atoms with Gasteiger partial charge in [0.15, 0.2) is 0 Å². The molecule has 0 bridgehead atoms. The van der Waals surface area contributed by atoms with Crippen molar-refractivity contribution in [2.75, 3.05) is 33.3 Å². The Morgan fingerprint density at radius 2 is 1.59 bits per heavy atom. The van der Waals surface area contributed by atoms with Crippen LogP contribution in [0.3, 0.4) is 0 Å². The molecule has 0 saturated carbocycles. The number of hydrogen-bond acceptors (Lipinski definition) is 7. The second-order valence-electron chi connectivity index (χ2n) is 9.76. The summed E-state index contributed by atoms with van der Waals surface area (Å²) in [5.74, 6) is -5.51. The number of aromatic nitrogens is 2. The SMILES string of the molecule is Cc1cc(CN2CCC3(CC2)c2ccccc2[C@@H](N(C)CCO)[C@@H]3O)n[nH]1.O=C(O)C(F)(F)F.O=C(O)C(F)(F)F. The molecular formula is C25H32F6N4O6. The zero-order valence-electron chi connectivity index (χ0n) is 22.2. The summed E-state index contributed by atoms with van der Waals surface area (Å²) in [5.41, 5.74) is 4.49. The van der Waals surface area contributed by atoms with Gasteiger partial charge in [-0.2, -0.15) is 31.4 Å². The van der Waals surface area contributed by atoms with Crippen LogP contribution in [0.1, 0.15) is 41.4 Å². The van der Waals surface area contributed by atoms with Crippen molar-refractivity contribution in [1.29, 1.82) is 0 Å². The number of piperidine rings is 1. The molecule has 1 aliphatic carbocycles. The van der Waals surface area contributed by atoms with Crippen LogP contribution >= 0.6 is 0 Å². The number of carbonyl (C=O) groups is 2. The number of benzene rings is 1. The average molecular weight is 599 g/mol. The van der Waals surface area contributed by atoms with Gasteiger partial charge in [0, 0.05) is 24.2 Å². The van der Waals surface area contributed by atoms with Gasteiger partial charge in [0.25, 0.3) is 0 Å². The normalized spacial score (nSPS) is 20.1. The van der Waals surface area contributed by atoms with E-state index in [2.05, 4.69) is 50.3 Å². The maximum Gasteiger partial charge on any atom is 0.490 e. The molecule has 1 aromatic carbocycles. The number of aliphatic hydroxyl groups is 2. The summed E-state index contributed by atoms with van der Waals surface area (Å²) in [6.07, 6.45) is -8.72. The summed E-state index contributed by atoms with van der Waals surface area (Å²) in [5, 5.41) is 42.4. The quantitative estimate of drug-likeness (QED) is 0.328. The predicted octanol–water partition coefficient (Wildman–Crippen LogP) is 2.86. The fourth-order valence-corrected chi connectivity index (χ4v) is 5.08. The van der Waals surface area contributed by atoms with E-state index in [4.69, 9.17) is 19.8 Å². The molecule has 2 heterocycles. The molecule has 230 valence electrons. The molecule has 10 nitrogen and oxygen atoms in total. The van der Waals surface area contributed by atoms with E-state index in [9.17, 15) is 36.6 Å². The molecule has 2 atom stereocenters. The van der Waals surface area contributed by atoms with E-state index in [0.29, 0.717) is 6.54 Å². The van der Waals surface area contributed by atoms with Gasteiger partial charge in [0.2, 0.25) is 0 Å². The van der Waals surface area contributed by atoms with Crippen molar-refractivity contribution in [3.63, 3.8) is 0 Å². The van der Waals surface area contributed by atoms with Gasteiger partial charge >= 0.3 is 24.3 Å². The average Bonchev–Trinajstić information content (AvgIpc) is 3.38. The van der Waals surface area contributed by atoms with Crippen LogP contribution < -0.4 is 0 Å². The molecule has 41 heavy (non-hydrogen) atoms. The van der Waals surface area contributed by atoms with E-state index < -0.39 is 30.4 Å². The highest BCUT2D eigenvalue weighted by Crippen LogP contribution is 2.52. The molecule has 1 spiro atoms. The van der Waals surface area contributed by atoms with Gasteiger partial charge in [-0.05, 0) is 57.1 Å². The summed E-state index contributed by atoms with van der Waals surface area (Å²) >= 11 is 0. The van der Waals surface area contributed by atoms with Gasteiger partial charge in [-0.25, -0.2) is 9.59 Å². The van der Waals surface area contributed by atoms with Crippen LogP contribution in [-0.4, -0.2) is 104 Å². The molecule has 5 N–H and O–H groups in total. The number of fused-ring (bicyclic) bond motifs is 2. The van der Waals surface area contributed by atoms with Crippen molar-refractivity contribution in [3.8, 4) is 0 Å². The van der Waals surface area contributed by atoms with E-state index in [1.165, 1.54) is 11.1 Å². The molecule has 16 heteroatoms. The first-order chi connectivity index (χ1) is 18.9. The molecule has 4 rings (SSSR count). The second-order valence-corrected chi connectivity index (χ2v) is 9.76. The fraction of sp³-hybridized carbons (Fsp3) is 0.560.